The predicted molar refractivity (Wildman–Crippen MR) is 117 cm³/mol. The number of benzene rings is 2. The summed E-state index contributed by atoms with van der Waals surface area (Å²) in [5, 5.41) is 2.56. The van der Waals surface area contributed by atoms with Gasteiger partial charge in [0, 0.05) is 29.1 Å². The summed E-state index contributed by atoms with van der Waals surface area (Å²) < 4.78 is 39.3. The lowest BCUT2D eigenvalue weighted by Crippen LogP contribution is -2.36. The minimum absolute atomic E-state index is 0.0129. The van der Waals surface area contributed by atoms with Crippen molar-refractivity contribution in [3.63, 3.8) is 0 Å². The molecule has 9 heteroatoms. The van der Waals surface area contributed by atoms with Crippen LogP contribution >= 0.6 is 11.6 Å². The molecular weight excluding hydrogens is 443 g/mol. The minimum atomic E-state index is -3.72. The Kier molecular flexibility index (Phi) is 5.79. The van der Waals surface area contributed by atoms with Crippen LogP contribution in [0.5, 0.6) is 0 Å². The summed E-state index contributed by atoms with van der Waals surface area (Å²) in [6.07, 6.45) is 2.09. The molecule has 0 bridgehead atoms. The molecule has 0 saturated heterocycles. The van der Waals surface area contributed by atoms with Gasteiger partial charge in [-0.05, 0) is 68.1 Å². The molecule has 6 nitrogen and oxygen atoms in total. The van der Waals surface area contributed by atoms with Crippen LogP contribution in [-0.2, 0) is 25.8 Å². The van der Waals surface area contributed by atoms with Crippen LogP contribution in [0.3, 0.4) is 0 Å². The zero-order chi connectivity index (χ0) is 22.3. The first-order valence-corrected chi connectivity index (χ1v) is 12.1. The first kappa shape index (κ1) is 21.8. The molecule has 1 fully saturated rings. The van der Waals surface area contributed by atoms with Gasteiger partial charge in [-0.3, -0.25) is 9.59 Å². The molecular formula is C22H22ClFN2O4S. The van der Waals surface area contributed by atoms with Crippen LogP contribution in [0.1, 0.15) is 31.7 Å². The smallest absolute Gasteiger partial charge is 0.230 e. The van der Waals surface area contributed by atoms with Gasteiger partial charge in [0.05, 0.1) is 16.3 Å². The Balaban J connectivity index is 1.44. The molecule has 2 aromatic carbocycles. The Morgan fingerprint density at radius 1 is 1.19 bits per heavy atom. The second-order valence-electron chi connectivity index (χ2n) is 8.07. The third-order valence-electron chi connectivity index (χ3n) is 5.59. The molecule has 1 aliphatic heterocycles. The number of fused-ring (bicyclic) bond motifs is 1. The van der Waals surface area contributed by atoms with E-state index < -0.39 is 27.3 Å². The second-order valence-corrected chi connectivity index (χ2v) is 10.6. The highest BCUT2D eigenvalue weighted by Gasteiger charge is 2.39. The number of amides is 2. The Morgan fingerprint density at radius 3 is 2.61 bits per heavy atom. The first-order valence-electron chi connectivity index (χ1n) is 10.1. The van der Waals surface area contributed by atoms with Gasteiger partial charge in [-0.25, -0.2) is 12.8 Å². The van der Waals surface area contributed by atoms with E-state index in [-0.39, 0.29) is 39.9 Å². The maximum Gasteiger partial charge on any atom is 0.230 e. The third-order valence-corrected chi connectivity index (χ3v) is 7.54. The minimum Gasteiger partial charge on any atom is -0.324 e. The molecule has 1 saturated carbocycles. The van der Waals surface area contributed by atoms with E-state index in [0.717, 1.165) is 30.2 Å². The number of rotatable bonds is 6. The second kappa shape index (κ2) is 8.24. The topological polar surface area (TPSA) is 83.6 Å². The molecule has 1 N–H and O–H groups in total. The molecule has 1 atom stereocenters. The van der Waals surface area contributed by atoms with Crippen molar-refractivity contribution < 1.29 is 22.4 Å². The fourth-order valence-corrected chi connectivity index (χ4v) is 5.26. The van der Waals surface area contributed by atoms with Crippen LogP contribution < -0.4 is 10.2 Å². The SMILES string of the molecule is C[C@@H]1Cc2cc(S(=O)(=O)CCC(=O)Nc3ccc(Cl)cc3F)ccc2N1C(=O)C1CC1. The molecule has 31 heavy (non-hydrogen) atoms. The molecule has 2 aromatic rings. The van der Waals surface area contributed by atoms with Crippen molar-refractivity contribution in [3.8, 4) is 0 Å². The first-order chi connectivity index (χ1) is 14.7. The lowest BCUT2D eigenvalue weighted by Gasteiger charge is -2.22. The van der Waals surface area contributed by atoms with Crippen molar-refractivity contribution in [2.75, 3.05) is 16.0 Å². The molecule has 2 amide bonds. The van der Waals surface area contributed by atoms with Crippen LogP contribution in [0.4, 0.5) is 15.8 Å². The highest BCUT2D eigenvalue weighted by Crippen LogP contribution is 2.39. The van der Waals surface area contributed by atoms with Gasteiger partial charge in [-0.15, -0.1) is 0 Å². The van der Waals surface area contributed by atoms with Gasteiger partial charge >= 0.3 is 0 Å². The Morgan fingerprint density at radius 2 is 1.94 bits per heavy atom. The summed E-state index contributed by atoms with van der Waals surface area (Å²) in [6, 6.07) is 8.56. The fraction of sp³-hybridized carbons (Fsp3) is 0.364. The zero-order valence-corrected chi connectivity index (χ0v) is 18.5. The number of hydrogen-bond donors (Lipinski definition) is 1. The Hall–Kier alpha value is -2.45. The lowest BCUT2D eigenvalue weighted by atomic mass is 10.1. The standard InChI is InChI=1S/C22H22ClFN2O4S/c1-13-10-15-11-17(5-7-20(15)26(13)22(28)14-2-3-14)31(29,30)9-8-21(27)25-19-6-4-16(23)12-18(19)24/h4-7,11-14H,2-3,8-10H2,1H3,(H,25,27)/t13-/m1/s1. The molecule has 0 spiro atoms. The van der Waals surface area contributed by atoms with E-state index in [4.69, 9.17) is 11.6 Å². The van der Waals surface area contributed by atoms with Crippen molar-refractivity contribution in [3.05, 3.63) is 52.8 Å². The molecule has 1 aliphatic carbocycles. The quantitative estimate of drug-likeness (QED) is 0.701. The van der Waals surface area contributed by atoms with Crippen LogP contribution in [0.2, 0.25) is 5.02 Å². The molecule has 2 aliphatic rings. The fourth-order valence-electron chi connectivity index (χ4n) is 3.81. The Labute approximate surface area is 185 Å². The van der Waals surface area contributed by atoms with Gasteiger partial charge in [0.25, 0.3) is 0 Å². The number of nitrogens with one attached hydrogen (secondary N) is 1. The van der Waals surface area contributed by atoms with Gasteiger partial charge in [0.15, 0.2) is 9.84 Å². The van der Waals surface area contributed by atoms with E-state index in [0.29, 0.717) is 6.42 Å². The zero-order valence-electron chi connectivity index (χ0n) is 16.9. The molecule has 0 radical (unpaired) electrons. The molecule has 1 heterocycles. The average Bonchev–Trinajstić information content (AvgIpc) is 3.50. The average molecular weight is 465 g/mol. The van der Waals surface area contributed by atoms with E-state index in [9.17, 15) is 22.4 Å². The van der Waals surface area contributed by atoms with Crippen molar-refractivity contribution in [2.24, 2.45) is 5.92 Å². The summed E-state index contributed by atoms with van der Waals surface area (Å²) >= 11 is 5.68. The van der Waals surface area contributed by atoms with Crippen LogP contribution in [0.15, 0.2) is 41.3 Å². The van der Waals surface area contributed by atoms with Crippen LogP contribution in [0.25, 0.3) is 0 Å². The molecule has 0 unspecified atom stereocenters. The number of hydrogen-bond acceptors (Lipinski definition) is 4. The van der Waals surface area contributed by atoms with E-state index >= 15 is 0 Å². The van der Waals surface area contributed by atoms with E-state index in [1.807, 2.05) is 6.92 Å². The number of carbonyl (C=O) groups excluding carboxylic acids is 2. The number of nitrogens with zero attached hydrogens (tertiary/aromatic N) is 1. The van der Waals surface area contributed by atoms with E-state index in [1.54, 1.807) is 17.0 Å². The highest BCUT2D eigenvalue weighted by atomic mass is 35.5. The van der Waals surface area contributed by atoms with Crippen molar-refractivity contribution in [2.45, 2.75) is 43.5 Å². The summed E-state index contributed by atoms with van der Waals surface area (Å²) in [5.74, 6) is -1.52. The number of sulfone groups is 1. The summed E-state index contributed by atoms with van der Waals surface area (Å²) in [6.45, 7) is 1.95. The predicted octanol–water partition coefficient (Wildman–Crippen LogP) is 3.97. The van der Waals surface area contributed by atoms with Gasteiger partial charge in [0.2, 0.25) is 11.8 Å². The van der Waals surface area contributed by atoms with E-state index in [1.165, 1.54) is 18.2 Å². The number of carbonyl (C=O) groups is 2. The Bertz CT molecular complexity index is 1160. The maximum absolute atomic E-state index is 13.8. The summed E-state index contributed by atoms with van der Waals surface area (Å²) in [4.78, 5) is 26.6. The van der Waals surface area contributed by atoms with E-state index in [2.05, 4.69) is 5.32 Å². The normalized spacial score (nSPS) is 18.0. The highest BCUT2D eigenvalue weighted by molar-refractivity contribution is 7.91. The third kappa shape index (κ3) is 4.60. The molecule has 4 rings (SSSR count). The summed E-state index contributed by atoms with van der Waals surface area (Å²) in [5.41, 5.74) is 1.52. The van der Waals surface area contributed by atoms with Crippen molar-refractivity contribution >= 4 is 44.6 Å². The lowest BCUT2D eigenvalue weighted by molar-refractivity contribution is -0.120. The molecule has 0 aromatic heterocycles. The van der Waals surface area contributed by atoms with Crippen LogP contribution in [-0.4, -0.2) is 32.0 Å². The largest absolute Gasteiger partial charge is 0.324 e. The van der Waals surface area contributed by atoms with Crippen LogP contribution in [0, 0.1) is 11.7 Å². The van der Waals surface area contributed by atoms with Crippen molar-refractivity contribution in [1.82, 2.24) is 0 Å². The number of halogens is 2. The number of anilines is 2. The summed E-state index contributed by atoms with van der Waals surface area (Å²) in [7, 11) is -3.72. The van der Waals surface area contributed by atoms with Crippen molar-refractivity contribution in [1.29, 1.82) is 0 Å². The maximum atomic E-state index is 13.8. The molecule has 164 valence electrons. The van der Waals surface area contributed by atoms with Gasteiger partial charge in [-0.1, -0.05) is 11.6 Å². The van der Waals surface area contributed by atoms with Gasteiger partial charge in [0.1, 0.15) is 5.82 Å². The monoisotopic (exact) mass is 464 g/mol. The van der Waals surface area contributed by atoms with Gasteiger partial charge in [-0.2, -0.15) is 0 Å². The van der Waals surface area contributed by atoms with Gasteiger partial charge < -0.3 is 10.2 Å².